The van der Waals surface area contributed by atoms with Gasteiger partial charge in [-0.1, -0.05) is 15.9 Å². The molecule has 0 saturated heterocycles. The molecule has 0 aliphatic heterocycles. The highest BCUT2D eigenvalue weighted by Gasteiger charge is 2.20. The number of ketones is 2. The summed E-state index contributed by atoms with van der Waals surface area (Å²) in [5, 5.41) is 0. The van der Waals surface area contributed by atoms with Crippen molar-refractivity contribution in [2.24, 2.45) is 0 Å². The predicted molar refractivity (Wildman–Crippen MR) is 60.7 cm³/mol. The van der Waals surface area contributed by atoms with E-state index >= 15 is 0 Å². The smallest absolute Gasteiger partial charge is 0.183 e. The first-order valence-corrected chi connectivity index (χ1v) is 5.30. The molecular formula is C11H11BrO3. The highest BCUT2D eigenvalue weighted by Crippen LogP contribution is 2.15. The maximum Gasteiger partial charge on any atom is 0.183 e. The van der Waals surface area contributed by atoms with Crippen LogP contribution in [0.25, 0.3) is 0 Å². The van der Waals surface area contributed by atoms with Crippen LogP contribution in [-0.4, -0.2) is 23.5 Å². The summed E-state index contributed by atoms with van der Waals surface area (Å²) in [4.78, 5) is 21.9. The molecule has 1 aromatic rings. The lowest BCUT2D eigenvalue weighted by Crippen LogP contribution is -2.21. The van der Waals surface area contributed by atoms with Gasteiger partial charge in [-0.15, -0.1) is 0 Å². The average molecular weight is 271 g/mol. The number of rotatable bonds is 4. The number of benzene rings is 1. The molecule has 4 heteroatoms. The number of alkyl halides is 1. The number of carbonyl (C=O) groups excluding carboxylic acids is 2. The van der Waals surface area contributed by atoms with E-state index in [2.05, 4.69) is 15.9 Å². The monoisotopic (exact) mass is 270 g/mol. The van der Waals surface area contributed by atoms with Crippen molar-refractivity contribution in [1.29, 1.82) is 0 Å². The number of Topliss-reactive ketones (excluding diaryl/α,β-unsaturated/α-hetero) is 2. The van der Waals surface area contributed by atoms with E-state index in [1.165, 1.54) is 6.92 Å². The Morgan fingerprint density at radius 2 is 1.80 bits per heavy atom. The zero-order chi connectivity index (χ0) is 11.4. The Balaban J connectivity index is 2.87. The third-order valence-corrected chi connectivity index (χ3v) is 3.02. The van der Waals surface area contributed by atoms with Crippen molar-refractivity contribution in [3.05, 3.63) is 29.8 Å². The molecule has 3 nitrogen and oxygen atoms in total. The van der Waals surface area contributed by atoms with Crippen molar-refractivity contribution >= 4 is 27.5 Å². The van der Waals surface area contributed by atoms with Crippen LogP contribution in [0, 0.1) is 0 Å². The Hall–Kier alpha value is -1.16. The maximum absolute atomic E-state index is 11.7. The molecule has 80 valence electrons. The van der Waals surface area contributed by atoms with Gasteiger partial charge in [0.15, 0.2) is 11.6 Å². The minimum Gasteiger partial charge on any atom is -0.497 e. The Labute approximate surface area is 96.6 Å². The fourth-order valence-corrected chi connectivity index (χ4v) is 1.35. The number of ether oxygens (including phenoxy) is 1. The molecule has 0 aliphatic rings. The van der Waals surface area contributed by atoms with E-state index in [0.717, 1.165) is 0 Å². The first-order valence-electron chi connectivity index (χ1n) is 4.39. The Bertz CT molecular complexity index is 370. The topological polar surface area (TPSA) is 43.4 Å². The summed E-state index contributed by atoms with van der Waals surface area (Å²) in [6.07, 6.45) is 0. The molecule has 0 radical (unpaired) electrons. The fourth-order valence-electron chi connectivity index (χ4n) is 1.09. The van der Waals surface area contributed by atoms with E-state index in [9.17, 15) is 9.59 Å². The van der Waals surface area contributed by atoms with E-state index in [0.29, 0.717) is 11.3 Å². The summed E-state index contributed by atoms with van der Waals surface area (Å²) in [5.41, 5.74) is 0.493. The summed E-state index contributed by atoms with van der Waals surface area (Å²) in [6.45, 7) is 1.38. The van der Waals surface area contributed by atoms with E-state index in [1.807, 2.05) is 0 Å². The predicted octanol–water partition coefficient (Wildman–Crippen LogP) is 2.23. The van der Waals surface area contributed by atoms with Crippen LogP contribution in [-0.2, 0) is 4.79 Å². The minimum atomic E-state index is -0.758. The van der Waals surface area contributed by atoms with E-state index < -0.39 is 4.83 Å². The standard InChI is InChI=1S/C11H11BrO3/c1-7(13)10(12)11(14)8-3-5-9(15-2)6-4-8/h3-6,10H,1-2H3/t10-/m0/s1. The van der Waals surface area contributed by atoms with Gasteiger partial charge in [0.2, 0.25) is 0 Å². The van der Waals surface area contributed by atoms with Crippen LogP contribution in [0.4, 0.5) is 0 Å². The SMILES string of the molecule is COc1ccc(C(=O)[C@@H](Br)C(C)=O)cc1. The molecule has 0 spiro atoms. The van der Waals surface area contributed by atoms with Crippen LogP contribution in [0.1, 0.15) is 17.3 Å². The van der Waals surface area contributed by atoms with Crippen LogP contribution >= 0.6 is 15.9 Å². The van der Waals surface area contributed by atoms with Gasteiger partial charge in [-0.3, -0.25) is 9.59 Å². The van der Waals surface area contributed by atoms with Crippen molar-refractivity contribution in [3.63, 3.8) is 0 Å². The largest absolute Gasteiger partial charge is 0.497 e. The summed E-state index contributed by atoms with van der Waals surface area (Å²) < 4.78 is 4.97. The summed E-state index contributed by atoms with van der Waals surface area (Å²) >= 11 is 3.05. The van der Waals surface area contributed by atoms with Crippen molar-refractivity contribution < 1.29 is 14.3 Å². The Morgan fingerprint density at radius 1 is 1.27 bits per heavy atom. The van der Waals surface area contributed by atoms with Gasteiger partial charge in [0.25, 0.3) is 0 Å². The highest BCUT2D eigenvalue weighted by atomic mass is 79.9. The zero-order valence-electron chi connectivity index (χ0n) is 8.49. The average Bonchev–Trinajstić information content (AvgIpc) is 2.27. The molecule has 1 atom stereocenters. The molecule has 0 aliphatic carbocycles. The van der Waals surface area contributed by atoms with Crippen LogP contribution < -0.4 is 4.74 Å². The molecule has 15 heavy (non-hydrogen) atoms. The van der Waals surface area contributed by atoms with E-state index in [4.69, 9.17) is 4.74 Å². The van der Waals surface area contributed by atoms with E-state index in [-0.39, 0.29) is 11.6 Å². The molecule has 1 aromatic carbocycles. The second-order valence-corrected chi connectivity index (χ2v) is 3.98. The van der Waals surface area contributed by atoms with Gasteiger partial charge >= 0.3 is 0 Å². The van der Waals surface area contributed by atoms with Gasteiger partial charge in [-0.05, 0) is 31.2 Å². The van der Waals surface area contributed by atoms with Crippen molar-refractivity contribution in [1.82, 2.24) is 0 Å². The molecule has 0 N–H and O–H groups in total. The second-order valence-electron chi connectivity index (χ2n) is 3.07. The van der Waals surface area contributed by atoms with Gasteiger partial charge in [-0.25, -0.2) is 0 Å². The highest BCUT2D eigenvalue weighted by molar-refractivity contribution is 9.10. The second kappa shape index (κ2) is 5.07. The van der Waals surface area contributed by atoms with Crippen LogP contribution in [0.3, 0.4) is 0 Å². The fraction of sp³-hybridized carbons (Fsp3) is 0.273. The molecular weight excluding hydrogens is 260 g/mol. The van der Waals surface area contributed by atoms with Crippen LogP contribution in [0.2, 0.25) is 0 Å². The van der Waals surface area contributed by atoms with Gasteiger partial charge in [0.05, 0.1) is 7.11 Å². The van der Waals surface area contributed by atoms with Crippen molar-refractivity contribution in [2.75, 3.05) is 7.11 Å². The lowest BCUT2D eigenvalue weighted by molar-refractivity contribution is -0.115. The van der Waals surface area contributed by atoms with Crippen molar-refractivity contribution in [3.8, 4) is 5.75 Å². The summed E-state index contributed by atoms with van der Waals surface area (Å²) in [7, 11) is 1.56. The number of hydrogen-bond donors (Lipinski definition) is 0. The lowest BCUT2D eigenvalue weighted by atomic mass is 10.1. The molecule has 0 unspecified atom stereocenters. The number of carbonyl (C=O) groups is 2. The molecule has 0 bridgehead atoms. The first-order chi connectivity index (χ1) is 7.06. The molecule has 0 aromatic heterocycles. The molecule has 0 fully saturated rings. The van der Waals surface area contributed by atoms with Gasteiger partial charge < -0.3 is 4.74 Å². The lowest BCUT2D eigenvalue weighted by Gasteiger charge is -2.05. The number of halogens is 1. The molecule has 1 rings (SSSR count). The molecule has 0 heterocycles. The third kappa shape index (κ3) is 2.89. The normalized spacial score (nSPS) is 11.9. The Morgan fingerprint density at radius 3 is 2.20 bits per heavy atom. The minimum absolute atomic E-state index is 0.198. The van der Waals surface area contributed by atoms with Crippen LogP contribution in [0.5, 0.6) is 5.75 Å². The maximum atomic E-state index is 11.7. The zero-order valence-corrected chi connectivity index (χ0v) is 10.1. The van der Waals surface area contributed by atoms with Crippen LogP contribution in [0.15, 0.2) is 24.3 Å². The van der Waals surface area contributed by atoms with E-state index in [1.54, 1.807) is 31.4 Å². The van der Waals surface area contributed by atoms with Gasteiger partial charge in [0.1, 0.15) is 10.6 Å². The molecule has 0 amide bonds. The van der Waals surface area contributed by atoms with Crippen molar-refractivity contribution in [2.45, 2.75) is 11.8 Å². The number of methoxy groups -OCH3 is 1. The van der Waals surface area contributed by atoms with Gasteiger partial charge in [-0.2, -0.15) is 0 Å². The number of hydrogen-bond acceptors (Lipinski definition) is 3. The quantitative estimate of drug-likeness (QED) is 0.479. The summed E-state index contributed by atoms with van der Waals surface area (Å²) in [6, 6.07) is 6.65. The summed E-state index contributed by atoms with van der Waals surface area (Å²) in [5.74, 6) is 0.251. The van der Waals surface area contributed by atoms with Gasteiger partial charge in [0, 0.05) is 5.56 Å². The third-order valence-electron chi connectivity index (χ3n) is 1.96. The first kappa shape index (κ1) is 11.9. The molecule has 0 saturated carbocycles. The Kier molecular flexibility index (Phi) is 4.03.